The van der Waals surface area contributed by atoms with Crippen LogP contribution in [0.3, 0.4) is 0 Å². The molecule has 3 rings (SSSR count). The van der Waals surface area contributed by atoms with Gasteiger partial charge in [-0.15, -0.1) is 0 Å². The number of imidazole rings is 1. The van der Waals surface area contributed by atoms with Crippen LogP contribution in [0.1, 0.15) is 50.9 Å². The van der Waals surface area contributed by atoms with Gasteiger partial charge >= 0.3 is 5.97 Å². The molecule has 0 spiro atoms. The molecule has 1 unspecified atom stereocenters. The van der Waals surface area contributed by atoms with Gasteiger partial charge in [-0.2, -0.15) is 0 Å². The molecule has 7 heteroatoms. The third-order valence-corrected chi connectivity index (χ3v) is 4.85. The minimum atomic E-state index is -0.988. The molecule has 0 aliphatic heterocycles. The Morgan fingerprint density at radius 2 is 1.75 bits per heavy atom. The molecule has 0 fully saturated rings. The summed E-state index contributed by atoms with van der Waals surface area (Å²) < 4.78 is 1.74. The summed E-state index contributed by atoms with van der Waals surface area (Å²) in [6.07, 6.45) is 0. The Hall–Kier alpha value is -3.12. The minimum absolute atomic E-state index is 0.200. The number of aromatic carboxylic acids is 1. The maximum atomic E-state index is 13.0. The molecule has 1 atom stereocenters. The van der Waals surface area contributed by atoms with E-state index in [1.807, 2.05) is 32.0 Å². The van der Waals surface area contributed by atoms with Crippen molar-refractivity contribution in [1.29, 1.82) is 0 Å². The number of carboxylic acid groups (broad SMARTS) is 1. The SMILES string of the molecule is Cc1nc(C)n(-c2ccccc2Cl)c1C(=O)NC(C)c1ccc(C(=O)O)cc1. The second-order valence-corrected chi connectivity index (χ2v) is 6.91. The topological polar surface area (TPSA) is 84.2 Å². The molecule has 2 N–H and O–H groups in total. The summed E-state index contributed by atoms with van der Waals surface area (Å²) in [5.41, 5.74) is 2.70. The molecule has 3 aromatic rings. The van der Waals surface area contributed by atoms with Crippen LogP contribution in [0.4, 0.5) is 0 Å². The molecule has 28 heavy (non-hydrogen) atoms. The van der Waals surface area contributed by atoms with Crippen molar-refractivity contribution < 1.29 is 14.7 Å². The second kappa shape index (κ2) is 7.86. The first kappa shape index (κ1) is 19.6. The Morgan fingerprint density at radius 1 is 1.11 bits per heavy atom. The number of carbonyl (C=O) groups excluding carboxylic acids is 1. The zero-order valence-electron chi connectivity index (χ0n) is 15.7. The van der Waals surface area contributed by atoms with Crippen LogP contribution in [0.15, 0.2) is 48.5 Å². The molecule has 0 bridgehead atoms. The summed E-state index contributed by atoms with van der Waals surface area (Å²) >= 11 is 6.33. The summed E-state index contributed by atoms with van der Waals surface area (Å²) in [6.45, 7) is 5.44. The highest BCUT2D eigenvalue weighted by Crippen LogP contribution is 2.25. The highest BCUT2D eigenvalue weighted by molar-refractivity contribution is 6.32. The Balaban J connectivity index is 1.91. The predicted molar refractivity (Wildman–Crippen MR) is 107 cm³/mol. The summed E-state index contributed by atoms with van der Waals surface area (Å²) in [6, 6.07) is 13.4. The van der Waals surface area contributed by atoms with Gasteiger partial charge in [0.2, 0.25) is 0 Å². The van der Waals surface area contributed by atoms with E-state index in [4.69, 9.17) is 16.7 Å². The normalized spacial score (nSPS) is 11.9. The highest BCUT2D eigenvalue weighted by atomic mass is 35.5. The quantitative estimate of drug-likeness (QED) is 0.671. The summed E-state index contributed by atoms with van der Waals surface area (Å²) in [4.78, 5) is 28.5. The number of aromatic nitrogens is 2. The van der Waals surface area contributed by atoms with Crippen molar-refractivity contribution >= 4 is 23.5 Å². The van der Waals surface area contributed by atoms with E-state index in [2.05, 4.69) is 10.3 Å². The van der Waals surface area contributed by atoms with Crippen LogP contribution < -0.4 is 5.32 Å². The number of para-hydroxylation sites is 1. The molecular formula is C21H20ClN3O3. The largest absolute Gasteiger partial charge is 0.478 e. The molecular weight excluding hydrogens is 378 g/mol. The van der Waals surface area contributed by atoms with Gasteiger partial charge in [0.1, 0.15) is 11.5 Å². The molecule has 1 aromatic heterocycles. The van der Waals surface area contributed by atoms with Gasteiger partial charge in [-0.1, -0.05) is 35.9 Å². The van der Waals surface area contributed by atoms with Crippen LogP contribution in [-0.4, -0.2) is 26.5 Å². The molecule has 2 aromatic carbocycles. The lowest BCUT2D eigenvalue weighted by atomic mass is 10.1. The van der Waals surface area contributed by atoms with E-state index < -0.39 is 5.97 Å². The number of nitrogens with zero attached hydrogens (tertiary/aromatic N) is 2. The molecule has 0 saturated carbocycles. The second-order valence-electron chi connectivity index (χ2n) is 6.50. The van der Waals surface area contributed by atoms with Crippen molar-refractivity contribution in [3.8, 4) is 5.69 Å². The Morgan fingerprint density at radius 3 is 2.36 bits per heavy atom. The van der Waals surface area contributed by atoms with Gasteiger partial charge in [-0.25, -0.2) is 9.78 Å². The van der Waals surface area contributed by atoms with Crippen molar-refractivity contribution in [3.63, 3.8) is 0 Å². The molecule has 6 nitrogen and oxygen atoms in total. The zero-order valence-corrected chi connectivity index (χ0v) is 16.5. The Kier molecular flexibility index (Phi) is 5.51. The fourth-order valence-electron chi connectivity index (χ4n) is 3.13. The Labute approximate surface area is 167 Å². The first-order chi connectivity index (χ1) is 13.3. The van der Waals surface area contributed by atoms with Crippen LogP contribution in [0.5, 0.6) is 0 Å². The van der Waals surface area contributed by atoms with Crippen molar-refractivity contribution in [2.45, 2.75) is 26.8 Å². The highest BCUT2D eigenvalue weighted by Gasteiger charge is 2.22. The molecule has 0 saturated heterocycles. The Bertz CT molecular complexity index is 1040. The van der Waals surface area contributed by atoms with Crippen molar-refractivity contribution in [2.24, 2.45) is 0 Å². The predicted octanol–water partition coefficient (Wildman–Crippen LogP) is 4.33. The van der Waals surface area contributed by atoms with Gasteiger partial charge in [-0.05, 0) is 50.6 Å². The number of nitrogens with one attached hydrogen (secondary N) is 1. The van der Waals surface area contributed by atoms with Crippen molar-refractivity contribution in [2.75, 3.05) is 0 Å². The van der Waals surface area contributed by atoms with Gasteiger partial charge in [0.25, 0.3) is 5.91 Å². The van der Waals surface area contributed by atoms with Crippen LogP contribution in [0.2, 0.25) is 5.02 Å². The maximum absolute atomic E-state index is 13.0. The van der Waals surface area contributed by atoms with Gasteiger partial charge in [0.15, 0.2) is 0 Å². The zero-order chi connectivity index (χ0) is 20.4. The number of hydrogen-bond acceptors (Lipinski definition) is 3. The van der Waals surface area contributed by atoms with Gasteiger partial charge in [0, 0.05) is 0 Å². The molecule has 0 radical (unpaired) electrons. The summed E-state index contributed by atoms with van der Waals surface area (Å²) in [5, 5.41) is 12.5. The number of aryl methyl sites for hydroxylation is 2. The van der Waals surface area contributed by atoms with E-state index >= 15 is 0 Å². The molecule has 144 valence electrons. The number of benzene rings is 2. The first-order valence-corrected chi connectivity index (χ1v) is 9.12. The number of hydrogen-bond donors (Lipinski definition) is 2. The fourth-order valence-corrected chi connectivity index (χ4v) is 3.35. The number of halogens is 1. The summed E-state index contributed by atoms with van der Waals surface area (Å²) in [7, 11) is 0. The number of rotatable bonds is 5. The molecule has 0 aliphatic carbocycles. The third-order valence-electron chi connectivity index (χ3n) is 4.53. The van der Waals surface area contributed by atoms with Crippen molar-refractivity contribution in [1.82, 2.24) is 14.9 Å². The van der Waals surface area contributed by atoms with E-state index in [0.717, 1.165) is 5.56 Å². The maximum Gasteiger partial charge on any atom is 0.335 e. The van der Waals surface area contributed by atoms with Crippen LogP contribution in [0.25, 0.3) is 5.69 Å². The van der Waals surface area contributed by atoms with Gasteiger partial charge in [0.05, 0.1) is 28.0 Å². The standard InChI is InChI=1S/C21H20ClN3O3/c1-12(15-8-10-16(11-9-15)21(27)28)24-20(26)19-13(2)23-14(3)25(19)18-7-5-4-6-17(18)22/h4-12H,1-3H3,(H,24,26)(H,27,28). The van der Waals surface area contributed by atoms with Crippen LogP contribution >= 0.6 is 11.6 Å². The van der Waals surface area contributed by atoms with Gasteiger partial charge < -0.3 is 10.4 Å². The van der Waals surface area contributed by atoms with E-state index in [-0.39, 0.29) is 17.5 Å². The van der Waals surface area contributed by atoms with Gasteiger partial charge in [-0.3, -0.25) is 9.36 Å². The number of amides is 1. The molecule has 1 heterocycles. The smallest absolute Gasteiger partial charge is 0.335 e. The lowest BCUT2D eigenvalue weighted by molar-refractivity contribution is 0.0696. The van der Waals surface area contributed by atoms with Crippen molar-refractivity contribution in [3.05, 3.63) is 81.9 Å². The van der Waals surface area contributed by atoms with Crippen LogP contribution in [0, 0.1) is 13.8 Å². The van der Waals surface area contributed by atoms with E-state index in [0.29, 0.717) is 27.9 Å². The lowest BCUT2D eigenvalue weighted by Crippen LogP contribution is -2.29. The molecule has 1 amide bonds. The fraction of sp³-hybridized carbons (Fsp3) is 0.190. The summed E-state index contributed by atoms with van der Waals surface area (Å²) in [5.74, 6) is -0.611. The monoisotopic (exact) mass is 397 g/mol. The number of carbonyl (C=O) groups is 2. The third kappa shape index (κ3) is 3.77. The average Bonchev–Trinajstić information content (AvgIpc) is 2.96. The van der Waals surface area contributed by atoms with E-state index in [1.54, 1.807) is 29.7 Å². The van der Waals surface area contributed by atoms with Crippen LogP contribution in [-0.2, 0) is 0 Å². The average molecular weight is 398 g/mol. The van der Waals surface area contributed by atoms with E-state index in [1.165, 1.54) is 12.1 Å². The molecule has 0 aliphatic rings. The first-order valence-electron chi connectivity index (χ1n) is 8.74. The minimum Gasteiger partial charge on any atom is -0.478 e. The van der Waals surface area contributed by atoms with E-state index in [9.17, 15) is 9.59 Å². The number of carboxylic acids is 1. The lowest BCUT2D eigenvalue weighted by Gasteiger charge is -2.17.